The van der Waals surface area contributed by atoms with E-state index in [1.165, 1.54) is 0 Å². The Labute approximate surface area is 111 Å². The first-order valence-electron chi connectivity index (χ1n) is 6.45. The Kier molecular flexibility index (Phi) is 2.31. The molecule has 4 nitrogen and oxygen atoms in total. The fourth-order valence-corrected chi connectivity index (χ4v) is 3.16. The summed E-state index contributed by atoms with van der Waals surface area (Å²) >= 11 is 0. The van der Waals surface area contributed by atoms with Gasteiger partial charge in [0, 0.05) is 28.5 Å². The van der Waals surface area contributed by atoms with Crippen molar-refractivity contribution in [3.05, 3.63) is 22.5 Å². The monoisotopic (exact) mass is 260 g/mol. The van der Waals surface area contributed by atoms with Crippen molar-refractivity contribution in [2.24, 2.45) is 11.3 Å². The van der Waals surface area contributed by atoms with Crippen molar-refractivity contribution in [3.63, 3.8) is 0 Å². The number of hydrogen-bond donors (Lipinski definition) is 1. The second-order valence-corrected chi connectivity index (χ2v) is 5.88. The molecule has 1 saturated carbocycles. The minimum atomic E-state index is -0.403. The lowest BCUT2D eigenvalue weighted by Crippen LogP contribution is -2.44. The number of aromatic hydroxyl groups is 1. The summed E-state index contributed by atoms with van der Waals surface area (Å²) in [6.45, 7) is 5.82. The van der Waals surface area contributed by atoms with Gasteiger partial charge in [-0.3, -0.25) is 9.59 Å². The van der Waals surface area contributed by atoms with Crippen LogP contribution in [0.3, 0.4) is 0 Å². The smallest absolute Gasteiger partial charge is 0.285 e. The highest BCUT2D eigenvalue weighted by atomic mass is 16.5. The number of Topliss-reactive ketones (excluding diaryl/α,β-unsaturated/α-hetero) is 2. The molecule has 0 aliphatic heterocycles. The third kappa shape index (κ3) is 1.46. The zero-order chi connectivity index (χ0) is 13.9. The van der Waals surface area contributed by atoms with Crippen LogP contribution >= 0.6 is 0 Å². The van der Waals surface area contributed by atoms with Crippen LogP contribution in [0.1, 0.15) is 37.2 Å². The third-order valence-corrected chi connectivity index (χ3v) is 4.79. The molecule has 100 valence electrons. The Morgan fingerprint density at radius 3 is 2.79 bits per heavy atom. The van der Waals surface area contributed by atoms with Gasteiger partial charge in [-0.1, -0.05) is 13.8 Å². The molecule has 0 bridgehead atoms. The molecule has 2 unspecified atom stereocenters. The van der Waals surface area contributed by atoms with Crippen molar-refractivity contribution >= 4 is 17.6 Å². The van der Waals surface area contributed by atoms with E-state index in [4.69, 9.17) is 4.42 Å². The van der Waals surface area contributed by atoms with E-state index in [1.54, 1.807) is 13.0 Å². The number of rotatable bonds is 0. The zero-order valence-electron chi connectivity index (χ0n) is 11.2. The van der Waals surface area contributed by atoms with Crippen LogP contribution in [0, 0.1) is 18.3 Å². The van der Waals surface area contributed by atoms with Gasteiger partial charge >= 0.3 is 0 Å². The molecule has 1 N–H and O–H groups in total. The Bertz CT molecular complexity index is 635. The van der Waals surface area contributed by atoms with Gasteiger partial charge < -0.3 is 9.52 Å². The standard InChI is InChI=1S/C15H16O4/c1-7-4-11(16)13(17)10-5-12-9(6-15(7,10)3)8(2)14(18)19-12/h5,7,18H,4,6H2,1-3H3. The van der Waals surface area contributed by atoms with Gasteiger partial charge in [0.15, 0.2) is 0 Å². The van der Waals surface area contributed by atoms with Crippen molar-refractivity contribution in [2.75, 3.05) is 0 Å². The predicted octanol–water partition coefficient (Wildman–Crippen LogP) is 2.42. The summed E-state index contributed by atoms with van der Waals surface area (Å²) in [5.74, 6) is -0.214. The molecule has 0 saturated heterocycles. The highest BCUT2D eigenvalue weighted by Crippen LogP contribution is 2.50. The van der Waals surface area contributed by atoms with Gasteiger partial charge in [0.2, 0.25) is 11.6 Å². The number of hydrogen-bond acceptors (Lipinski definition) is 4. The number of fused-ring (bicyclic) bond motifs is 2. The van der Waals surface area contributed by atoms with Crippen molar-refractivity contribution in [3.8, 4) is 5.95 Å². The van der Waals surface area contributed by atoms with Crippen LogP contribution < -0.4 is 0 Å². The molecule has 0 spiro atoms. The van der Waals surface area contributed by atoms with Crippen molar-refractivity contribution in [1.82, 2.24) is 0 Å². The summed E-state index contributed by atoms with van der Waals surface area (Å²) in [6.07, 6.45) is 2.57. The fraction of sp³-hybridized carbons (Fsp3) is 0.467. The van der Waals surface area contributed by atoms with Crippen LogP contribution in [0.25, 0.3) is 6.08 Å². The molecular weight excluding hydrogens is 244 g/mol. The molecule has 3 rings (SSSR count). The Balaban J connectivity index is 2.22. The fourth-order valence-electron chi connectivity index (χ4n) is 3.16. The topological polar surface area (TPSA) is 67.5 Å². The molecule has 1 heterocycles. The van der Waals surface area contributed by atoms with E-state index in [2.05, 4.69) is 0 Å². The Hall–Kier alpha value is -1.84. The molecule has 0 amide bonds. The average Bonchev–Trinajstić information content (AvgIpc) is 2.62. The van der Waals surface area contributed by atoms with Gasteiger partial charge in [-0.05, 0) is 25.3 Å². The molecule has 2 aliphatic carbocycles. The van der Waals surface area contributed by atoms with E-state index >= 15 is 0 Å². The lowest BCUT2D eigenvalue weighted by atomic mass is 9.59. The number of carbonyl (C=O) groups excluding carboxylic acids is 2. The second-order valence-electron chi connectivity index (χ2n) is 5.88. The number of allylic oxidation sites excluding steroid dienone is 1. The van der Waals surface area contributed by atoms with Gasteiger partial charge in [0.25, 0.3) is 5.95 Å². The average molecular weight is 260 g/mol. The van der Waals surface area contributed by atoms with E-state index in [0.29, 0.717) is 24.2 Å². The van der Waals surface area contributed by atoms with Crippen LogP contribution in [0.15, 0.2) is 9.99 Å². The first-order valence-corrected chi connectivity index (χ1v) is 6.45. The maximum atomic E-state index is 12.1. The second kappa shape index (κ2) is 3.59. The lowest BCUT2D eigenvalue weighted by Gasteiger charge is -2.42. The first-order chi connectivity index (χ1) is 8.84. The molecule has 4 heteroatoms. The molecule has 1 fully saturated rings. The van der Waals surface area contributed by atoms with E-state index in [0.717, 1.165) is 11.1 Å². The molecule has 2 aliphatic rings. The van der Waals surface area contributed by atoms with Gasteiger partial charge in [0.05, 0.1) is 0 Å². The Morgan fingerprint density at radius 1 is 1.42 bits per heavy atom. The molecule has 1 aromatic heterocycles. The van der Waals surface area contributed by atoms with Gasteiger partial charge in [0.1, 0.15) is 5.76 Å². The SMILES string of the molecule is Cc1c(O)oc2c1CC1(C)C(=C2)C(=O)C(=O)CC1C. The van der Waals surface area contributed by atoms with E-state index < -0.39 is 5.78 Å². The summed E-state index contributed by atoms with van der Waals surface area (Å²) in [5.41, 5.74) is 1.84. The predicted molar refractivity (Wildman–Crippen MR) is 68.7 cm³/mol. The first kappa shape index (κ1) is 12.2. The number of ketones is 2. The highest BCUT2D eigenvalue weighted by molar-refractivity contribution is 6.45. The highest BCUT2D eigenvalue weighted by Gasteiger charge is 2.48. The zero-order valence-corrected chi connectivity index (χ0v) is 11.2. The van der Waals surface area contributed by atoms with Crippen LogP contribution in [-0.2, 0) is 16.0 Å². The summed E-state index contributed by atoms with van der Waals surface area (Å²) < 4.78 is 5.27. The molecule has 2 atom stereocenters. The number of carbonyl (C=O) groups is 2. The van der Waals surface area contributed by atoms with Gasteiger partial charge in [-0.15, -0.1) is 0 Å². The van der Waals surface area contributed by atoms with Crippen molar-refractivity contribution in [2.45, 2.75) is 33.6 Å². The van der Waals surface area contributed by atoms with Gasteiger partial charge in [-0.2, -0.15) is 0 Å². The summed E-state index contributed by atoms with van der Waals surface area (Å²) in [7, 11) is 0. The van der Waals surface area contributed by atoms with Crippen LogP contribution in [0.4, 0.5) is 0 Å². The lowest BCUT2D eigenvalue weighted by molar-refractivity contribution is -0.138. The maximum absolute atomic E-state index is 12.1. The summed E-state index contributed by atoms with van der Waals surface area (Å²) in [6, 6.07) is 0. The molecule has 0 aromatic carbocycles. The van der Waals surface area contributed by atoms with E-state index in [9.17, 15) is 14.7 Å². The van der Waals surface area contributed by atoms with Crippen molar-refractivity contribution < 1.29 is 19.1 Å². The van der Waals surface area contributed by atoms with Crippen molar-refractivity contribution in [1.29, 1.82) is 0 Å². The Morgan fingerprint density at radius 2 is 2.11 bits per heavy atom. The third-order valence-electron chi connectivity index (χ3n) is 4.79. The van der Waals surface area contributed by atoms with Crippen LogP contribution in [0.2, 0.25) is 0 Å². The molecule has 0 radical (unpaired) electrons. The largest absolute Gasteiger partial charge is 0.480 e. The minimum absolute atomic E-state index is 0.101. The quantitative estimate of drug-likeness (QED) is 0.727. The molecule has 1 aromatic rings. The van der Waals surface area contributed by atoms with E-state index in [1.807, 2.05) is 13.8 Å². The minimum Gasteiger partial charge on any atom is -0.480 e. The number of furan rings is 1. The van der Waals surface area contributed by atoms with Crippen LogP contribution in [-0.4, -0.2) is 16.7 Å². The molecule has 19 heavy (non-hydrogen) atoms. The van der Waals surface area contributed by atoms with Gasteiger partial charge in [-0.25, -0.2) is 0 Å². The summed E-state index contributed by atoms with van der Waals surface area (Å²) in [5, 5.41) is 9.66. The molecular formula is C15H16O4. The summed E-state index contributed by atoms with van der Waals surface area (Å²) in [4.78, 5) is 23.8. The maximum Gasteiger partial charge on any atom is 0.285 e. The normalized spacial score (nSPS) is 29.8. The van der Waals surface area contributed by atoms with E-state index in [-0.39, 0.29) is 23.1 Å². The van der Waals surface area contributed by atoms with Crippen LogP contribution in [0.5, 0.6) is 5.95 Å².